The fourth-order valence-electron chi connectivity index (χ4n) is 1.37. The topological polar surface area (TPSA) is 29.5 Å². The van der Waals surface area contributed by atoms with Crippen LogP contribution in [0.2, 0.25) is 5.02 Å². The second-order valence-corrected chi connectivity index (χ2v) is 5.02. The van der Waals surface area contributed by atoms with Crippen LogP contribution in [0.5, 0.6) is 11.5 Å². The summed E-state index contributed by atoms with van der Waals surface area (Å²) >= 11 is 8.28. The summed E-state index contributed by atoms with van der Waals surface area (Å²) in [6.07, 6.45) is 0. The van der Waals surface area contributed by atoms with Gasteiger partial charge in [-0.2, -0.15) is 0 Å². The lowest BCUT2D eigenvalue weighted by molar-refractivity contribution is 0.281. The molecular formula is C13H10ClIO2. The van der Waals surface area contributed by atoms with Crippen LogP contribution in [0.1, 0.15) is 5.56 Å². The molecule has 88 valence electrons. The van der Waals surface area contributed by atoms with Crippen LogP contribution in [0.4, 0.5) is 0 Å². The molecule has 0 atom stereocenters. The van der Waals surface area contributed by atoms with E-state index in [4.69, 9.17) is 21.4 Å². The van der Waals surface area contributed by atoms with Gasteiger partial charge >= 0.3 is 0 Å². The van der Waals surface area contributed by atoms with Crippen molar-refractivity contribution in [1.29, 1.82) is 0 Å². The van der Waals surface area contributed by atoms with Gasteiger partial charge in [-0.15, -0.1) is 0 Å². The zero-order chi connectivity index (χ0) is 12.3. The molecule has 2 rings (SSSR count). The Labute approximate surface area is 118 Å². The zero-order valence-electron chi connectivity index (χ0n) is 8.86. The second kappa shape index (κ2) is 5.71. The van der Waals surface area contributed by atoms with Crippen LogP contribution in [-0.2, 0) is 6.61 Å². The summed E-state index contributed by atoms with van der Waals surface area (Å²) in [4.78, 5) is 0. The molecule has 0 aliphatic carbocycles. The standard InChI is InChI=1S/C13H10ClIO2/c14-10-7-9(8-16)5-6-12(10)17-13-4-2-1-3-11(13)15/h1-7,16H,8H2. The first-order chi connectivity index (χ1) is 8.20. The molecule has 0 fully saturated rings. The summed E-state index contributed by atoms with van der Waals surface area (Å²) in [6.45, 7) is -0.0249. The monoisotopic (exact) mass is 360 g/mol. The molecule has 17 heavy (non-hydrogen) atoms. The third-order valence-electron chi connectivity index (χ3n) is 2.24. The second-order valence-electron chi connectivity index (χ2n) is 3.46. The maximum Gasteiger partial charge on any atom is 0.146 e. The predicted molar refractivity (Wildman–Crippen MR) is 76.6 cm³/mol. The largest absolute Gasteiger partial charge is 0.455 e. The van der Waals surface area contributed by atoms with Crippen molar-refractivity contribution < 1.29 is 9.84 Å². The van der Waals surface area contributed by atoms with Crippen molar-refractivity contribution in [3.63, 3.8) is 0 Å². The Kier molecular flexibility index (Phi) is 4.25. The van der Waals surface area contributed by atoms with Gasteiger partial charge in [-0.25, -0.2) is 0 Å². The van der Waals surface area contributed by atoms with Gasteiger partial charge in [0.15, 0.2) is 0 Å². The number of aliphatic hydroxyl groups is 1. The summed E-state index contributed by atoms with van der Waals surface area (Å²) in [7, 11) is 0. The van der Waals surface area contributed by atoms with Gasteiger partial charge < -0.3 is 9.84 Å². The van der Waals surface area contributed by atoms with Crippen molar-refractivity contribution in [1.82, 2.24) is 0 Å². The number of hydrogen-bond acceptors (Lipinski definition) is 2. The van der Waals surface area contributed by atoms with Gasteiger partial charge in [0.1, 0.15) is 11.5 Å². The molecule has 2 aromatic carbocycles. The van der Waals surface area contributed by atoms with Gasteiger partial charge in [-0.1, -0.05) is 29.8 Å². The molecule has 0 aliphatic heterocycles. The van der Waals surface area contributed by atoms with Crippen LogP contribution in [0.3, 0.4) is 0 Å². The Morgan fingerprint density at radius 3 is 2.53 bits per heavy atom. The lowest BCUT2D eigenvalue weighted by Crippen LogP contribution is -1.89. The van der Waals surface area contributed by atoms with Crippen LogP contribution in [0.15, 0.2) is 42.5 Å². The smallest absolute Gasteiger partial charge is 0.146 e. The Hall–Kier alpha value is -0.780. The minimum Gasteiger partial charge on any atom is -0.455 e. The van der Waals surface area contributed by atoms with E-state index in [0.29, 0.717) is 10.8 Å². The van der Waals surface area contributed by atoms with Gasteiger partial charge in [0, 0.05) is 0 Å². The van der Waals surface area contributed by atoms with Crippen molar-refractivity contribution >= 4 is 34.2 Å². The van der Waals surface area contributed by atoms with Crippen molar-refractivity contribution in [3.8, 4) is 11.5 Å². The number of rotatable bonds is 3. The van der Waals surface area contributed by atoms with Gasteiger partial charge in [0.05, 0.1) is 15.2 Å². The predicted octanol–water partition coefficient (Wildman–Crippen LogP) is 4.23. The van der Waals surface area contributed by atoms with Crippen LogP contribution in [0.25, 0.3) is 0 Å². The van der Waals surface area contributed by atoms with E-state index >= 15 is 0 Å². The van der Waals surface area contributed by atoms with Gasteiger partial charge in [0.25, 0.3) is 0 Å². The fourth-order valence-corrected chi connectivity index (χ4v) is 2.11. The quantitative estimate of drug-likeness (QED) is 0.830. The lowest BCUT2D eigenvalue weighted by Gasteiger charge is -2.09. The minimum atomic E-state index is -0.0249. The molecular weight excluding hydrogens is 350 g/mol. The number of hydrogen-bond donors (Lipinski definition) is 1. The van der Waals surface area contributed by atoms with Crippen molar-refractivity contribution in [2.75, 3.05) is 0 Å². The SMILES string of the molecule is OCc1ccc(Oc2ccccc2I)c(Cl)c1. The highest BCUT2D eigenvalue weighted by Crippen LogP contribution is 2.32. The number of para-hydroxylation sites is 1. The minimum absolute atomic E-state index is 0.0249. The molecule has 0 aromatic heterocycles. The van der Waals surface area contributed by atoms with Crippen molar-refractivity contribution in [3.05, 3.63) is 56.6 Å². The van der Waals surface area contributed by atoms with E-state index in [1.165, 1.54) is 0 Å². The van der Waals surface area contributed by atoms with Gasteiger partial charge in [-0.3, -0.25) is 0 Å². The van der Waals surface area contributed by atoms with E-state index in [1.807, 2.05) is 24.3 Å². The van der Waals surface area contributed by atoms with Crippen LogP contribution < -0.4 is 4.74 Å². The van der Waals surface area contributed by atoms with E-state index in [9.17, 15) is 0 Å². The van der Waals surface area contributed by atoms with E-state index in [2.05, 4.69) is 22.6 Å². The van der Waals surface area contributed by atoms with Crippen LogP contribution in [-0.4, -0.2) is 5.11 Å². The maximum atomic E-state index is 8.99. The summed E-state index contributed by atoms with van der Waals surface area (Å²) in [5, 5.41) is 9.48. The molecule has 2 nitrogen and oxygen atoms in total. The van der Waals surface area contributed by atoms with Crippen molar-refractivity contribution in [2.24, 2.45) is 0 Å². The Morgan fingerprint density at radius 2 is 1.88 bits per heavy atom. The van der Waals surface area contributed by atoms with E-state index < -0.39 is 0 Å². The molecule has 0 bridgehead atoms. The summed E-state index contributed by atoms with van der Waals surface area (Å²) < 4.78 is 6.74. The molecule has 0 unspecified atom stereocenters. The Balaban J connectivity index is 2.28. The molecule has 0 saturated heterocycles. The Bertz CT molecular complexity index is 529. The molecule has 0 saturated carbocycles. The van der Waals surface area contributed by atoms with Gasteiger partial charge in [-0.05, 0) is 52.4 Å². The molecule has 0 radical (unpaired) electrons. The highest BCUT2D eigenvalue weighted by Gasteiger charge is 2.06. The van der Waals surface area contributed by atoms with Crippen LogP contribution in [0, 0.1) is 3.57 Å². The zero-order valence-corrected chi connectivity index (χ0v) is 11.8. The first-order valence-corrected chi connectivity index (χ1v) is 6.48. The Morgan fingerprint density at radius 1 is 1.12 bits per heavy atom. The fraction of sp³-hybridized carbons (Fsp3) is 0.0769. The number of aliphatic hydroxyl groups excluding tert-OH is 1. The maximum absolute atomic E-state index is 8.99. The van der Waals surface area contributed by atoms with E-state index in [-0.39, 0.29) is 6.61 Å². The normalized spacial score (nSPS) is 10.3. The lowest BCUT2D eigenvalue weighted by atomic mass is 10.2. The third kappa shape index (κ3) is 3.12. The van der Waals surface area contributed by atoms with E-state index in [1.54, 1.807) is 18.2 Å². The highest BCUT2D eigenvalue weighted by atomic mass is 127. The molecule has 0 amide bonds. The number of benzene rings is 2. The third-order valence-corrected chi connectivity index (χ3v) is 3.42. The summed E-state index contributed by atoms with van der Waals surface area (Å²) in [5.74, 6) is 1.36. The van der Waals surface area contributed by atoms with E-state index in [0.717, 1.165) is 14.9 Å². The van der Waals surface area contributed by atoms with Gasteiger partial charge in [0.2, 0.25) is 0 Å². The summed E-state index contributed by atoms with van der Waals surface area (Å²) in [5.41, 5.74) is 0.769. The average Bonchev–Trinajstić information content (AvgIpc) is 2.34. The summed E-state index contributed by atoms with van der Waals surface area (Å²) in [6, 6.07) is 13.0. The molecule has 4 heteroatoms. The first-order valence-electron chi connectivity index (χ1n) is 5.02. The average molecular weight is 361 g/mol. The highest BCUT2D eigenvalue weighted by molar-refractivity contribution is 14.1. The molecule has 0 aliphatic rings. The number of halogens is 2. The molecule has 0 heterocycles. The van der Waals surface area contributed by atoms with Crippen molar-refractivity contribution in [2.45, 2.75) is 6.61 Å². The molecule has 0 spiro atoms. The first kappa shape index (κ1) is 12.7. The van der Waals surface area contributed by atoms with Crippen LogP contribution >= 0.6 is 34.2 Å². The molecule has 1 N–H and O–H groups in total. The number of ether oxygens (including phenoxy) is 1. The molecule has 2 aromatic rings.